The SMILES string of the molecule is CC(C)CC(=O)OC1CC2(CO2)C(O)C(O)C2(C)CCC(O)(C(C)C)C12. The van der Waals surface area contributed by atoms with Gasteiger partial charge in [0.15, 0.2) is 0 Å². The summed E-state index contributed by atoms with van der Waals surface area (Å²) in [7, 11) is 0. The maximum absolute atomic E-state index is 12.4. The first-order chi connectivity index (χ1) is 12.0. The average molecular weight is 370 g/mol. The van der Waals surface area contributed by atoms with Crippen LogP contribution in [0.5, 0.6) is 0 Å². The Labute approximate surface area is 155 Å². The minimum Gasteiger partial charge on any atom is -0.462 e. The highest BCUT2D eigenvalue weighted by atomic mass is 16.6. The van der Waals surface area contributed by atoms with Crippen LogP contribution in [0.25, 0.3) is 0 Å². The van der Waals surface area contributed by atoms with Crippen molar-refractivity contribution in [1.82, 2.24) is 0 Å². The van der Waals surface area contributed by atoms with Crippen LogP contribution in [-0.2, 0) is 14.3 Å². The van der Waals surface area contributed by atoms with Gasteiger partial charge in [0.1, 0.15) is 17.8 Å². The number of aliphatic hydroxyl groups excluding tert-OH is 2. The smallest absolute Gasteiger partial charge is 0.306 e. The van der Waals surface area contributed by atoms with Gasteiger partial charge in [-0.25, -0.2) is 0 Å². The van der Waals surface area contributed by atoms with E-state index in [1.807, 2.05) is 34.6 Å². The van der Waals surface area contributed by atoms with Crippen LogP contribution in [0.3, 0.4) is 0 Å². The summed E-state index contributed by atoms with van der Waals surface area (Å²) in [5.41, 5.74) is -2.66. The third-order valence-corrected chi connectivity index (χ3v) is 7.12. The molecule has 3 aliphatic rings. The van der Waals surface area contributed by atoms with Gasteiger partial charge in [-0.05, 0) is 24.7 Å². The second kappa shape index (κ2) is 6.43. The van der Waals surface area contributed by atoms with Crippen molar-refractivity contribution >= 4 is 5.97 Å². The third kappa shape index (κ3) is 2.99. The highest BCUT2D eigenvalue weighted by Gasteiger charge is 2.70. The number of rotatable bonds is 4. The summed E-state index contributed by atoms with van der Waals surface area (Å²) in [5.74, 6) is -0.625. The largest absolute Gasteiger partial charge is 0.462 e. The van der Waals surface area contributed by atoms with Crippen LogP contribution in [0.4, 0.5) is 0 Å². The van der Waals surface area contributed by atoms with E-state index in [0.29, 0.717) is 32.3 Å². The minimum absolute atomic E-state index is 0.0564. The first kappa shape index (κ1) is 20.1. The molecule has 0 amide bonds. The number of aliphatic hydroxyl groups is 3. The van der Waals surface area contributed by atoms with Crippen LogP contribution >= 0.6 is 0 Å². The van der Waals surface area contributed by atoms with Gasteiger partial charge in [0, 0.05) is 24.2 Å². The van der Waals surface area contributed by atoms with Crippen molar-refractivity contribution < 1.29 is 29.6 Å². The molecule has 0 aromatic carbocycles. The molecule has 0 bridgehead atoms. The van der Waals surface area contributed by atoms with Gasteiger partial charge in [0.05, 0.1) is 18.3 Å². The fourth-order valence-electron chi connectivity index (χ4n) is 5.35. The van der Waals surface area contributed by atoms with E-state index >= 15 is 0 Å². The fourth-order valence-corrected chi connectivity index (χ4v) is 5.35. The zero-order chi connectivity index (χ0) is 19.5. The number of fused-ring (bicyclic) bond motifs is 1. The van der Waals surface area contributed by atoms with E-state index < -0.39 is 40.8 Å². The molecule has 6 nitrogen and oxygen atoms in total. The van der Waals surface area contributed by atoms with E-state index in [0.717, 1.165) is 0 Å². The lowest BCUT2D eigenvalue weighted by atomic mass is 9.66. The molecule has 1 spiro atoms. The van der Waals surface area contributed by atoms with Gasteiger partial charge in [0.2, 0.25) is 0 Å². The quantitative estimate of drug-likeness (QED) is 0.514. The van der Waals surface area contributed by atoms with Gasteiger partial charge in [-0.1, -0.05) is 34.6 Å². The van der Waals surface area contributed by atoms with Crippen molar-refractivity contribution in [3.8, 4) is 0 Å². The van der Waals surface area contributed by atoms with Crippen molar-refractivity contribution in [3.63, 3.8) is 0 Å². The first-order valence-electron chi connectivity index (χ1n) is 9.88. The van der Waals surface area contributed by atoms with Gasteiger partial charge in [-0.15, -0.1) is 0 Å². The summed E-state index contributed by atoms with van der Waals surface area (Å²) < 4.78 is 11.4. The highest BCUT2D eigenvalue weighted by Crippen LogP contribution is 2.61. The van der Waals surface area contributed by atoms with E-state index in [1.165, 1.54) is 0 Å². The molecule has 150 valence electrons. The van der Waals surface area contributed by atoms with Crippen LogP contribution in [0.1, 0.15) is 60.3 Å². The molecule has 3 rings (SSSR count). The Hall–Kier alpha value is -0.690. The van der Waals surface area contributed by atoms with Crippen molar-refractivity contribution in [2.75, 3.05) is 6.61 Å². The van der Waals surface area contributed by atoms with Gasteiger partial charge in [-0.3, -0.25) is 4.79 Å². The number of ether oxygens (including phenoxy) is 2. The molecular formula is C20H34O6. The van der Waals surface area contributed by atoms with Crippen molar-refractivity contribution in [3.05, 3.63) is 0 Å². The molecule has 2 saturated carbocycles. The Kier molecular flexibility index (Phi) is 4.96. The zero-order valence-corrected chi connectivity index (χ0v) is 16.6. The summed E-state index contributed by atoms with van der Waals surface area (Å²) in [4.78, 5) is 12.4. The molecule has 0 aromatic heterocycles. The van der Waals surface area contributed by atoms with Crippen LogP contribution < -0.4 is 0 Å². The average Bonchev–Trinajstić information content (AvgIpc) is 3.25. The third-order valence-electron chi connectivity index (χ3n) is 7.12. The Morgan fingerprint density at radius 3 is 2.31 bits per heavy atom. The molecule has 6 heteroatoms. The molecule has 1 saturated heterocycles. The standard InChI is InChI=1S/C20H34O6/c1-11(2)8-14(21)26-13-9-19(10-25-19)17(23)16(22)18(5)6-7-20(24,12(3)4)15(13)18/h11-13,15-17,22-24H,6-10H2,1-5H3. The maximum Gasteiger partial charge on any atom is 0.306 e. The van der Waals surface area contributed by atoms with Gasteiger partial charge < -0.3 is 24.8 Å². The van der Waals surface area contributed by atoms with Crippen molar-refractivity contribution in [2.45, 2.75) is 89.8 Å². The van der Waals surface area contributed by atoms with Crippen LogP contribution in [-0.4, -0.2) is 57.4 Å². The second-order valence-electron chi connectivity index (χ2n) is 9.70. The number of esters is 1. The molecular weight excluding hydrogens is 336 g/mol. The molecule has 26 heavy (non-hydrogen) atoms. The topological polar surface area (TPSA) is 99.5 Å². The summed E-state index contributed by atoms with van der Waals surface area (Å²) in [6, 6.07) is 0. The maximum atomic E-state index is 12.4. The predicted molar refractivity (Wildman–Crippen MR) is 95.3 cm³/mol. The normalized spacial score (nSPS) is 47.9. The number of carbonyl (C=O) groups excluding carboxylic acids is 1. The van der Waals surface area contributed by atoms with Crippen LogP contribution in [0.15, 0.2) is 0 Å². The molecule has 7 atom stereocenters. The Morgan fingerprint density at radius 2 is 1.81 bits per heavy atom. The Balaban J connectivity index is 2.00. The molecule has 1 heterocycles. The van der Waals surface area contributed by atoms with Gasteiger partial charge >= 0.3 is 5.97 Å². The predicted octanol–water partition coefficient (Wildman–Crippen LogP) is 1.64. The molecule has 0 aromatic rings. The lowest BCUT2D eigenvalue weighted by Crippen LogP contribution is -2.53. The number of hydrogen-bond acceptors (Lipinski definition) is 6. The molecule has 1 aliphatic heterocycles. The van der Waals surface area contributed by atoms with Gasteiger partial charge in [-0.2, -0.15) is 0 Å². The van der Waals surface area contributed by atoms with E-state index in [-0.39, 0.29) is 17.8 Å². The van der Waals surface area contributed by atoms with Gasteiger partial charge in [0.25, 0.3) is 0 Å². The molecule has 3 fully saturated rings. The Morgan fingerprint density at radius 1 is 1.19 bits per heavy atom. The summed E-state index contributed by atoms with van der Waals surface area (Å²) in [6.07, 6.45) is -0.963. The summed E-state index contributed by atoms with van der Waals surface area (Å²) in [5, 5.41) is 33.3. The molecule has 2 aliphatic carbocycles. The number of epoxide rings is 1. The van der Waals surface area contributed by atoms with Crippen molar-refractivity contribution in [2.24, 2.45) is 23.2 Å². The number of carbonyl (C=O) groups is 1. The Bertz CT molecular complexity index is 557. The van der Waals surface area contributed by atoms with E-state index in [4.69, 9.17) is 9.47 Å². The molecule has 3 N–H and O–H groups in total. The summed E-state index contributed by atoms with van der Waals surface area (Å²) >= 11 is 0. The minimum atomic E-state index is -1.06. The number of hydrogen-bond donors (Lipinski definition) is 3. The van der Waals surface area contributed by atoms with Crippen LogP contribution in [0.2, 0.25) is 0 Å². The van der Waals surface area contributed by atoms with Crippen LogP contribution in [0, 0.1) is 23.2 Å². The lowest BCUT2D eigenvalue weighted by Gasteiger charge is -2.45. The summed E-state index contributed by atoms with van der Waals surface area (Å²) in [6.45, 7) is 10.1. The fraction of sp³-hybridized carbons (Fsp3) is 0.950. The highest BCUT2D eigenvalue weighted by molar-refractivity contribution is 5.69. The lowest BCUT2D eigenvalue weighted by molar-refractivity contribution is -0.173. The molecule has 0 radical (unpaired) electrons. The molecule has 7 unspecified atom stereocenters. The first-order valence-corrected chi connectivity index (χ1v) is 9.88. The second-order valence-corrected chi connectivity index (χ2v) is 9.70. The van der Waals surface area contributed by atoms with E-state index in [1.54, 1.807) is 0 Å². The van der Waals surface area contributed by atoms with E-state index in [9.17, 15) is 20.1 Å². The monoisotopic (exact) mass is 370 g/mol. The van der Waals surface area contributed by atoms with E-state index in [2.05, 4.69) is 0 Å². The van der Waals surface area contributed by atoms with Crippen molar-refractivity contribution in [1.29, 1.82) is 0 Å². The zero-order valence-electron chi connectivity index (χ0n) is 16.6.